The molecule has 42 valence electrons. The van der Waals surface area contributed by atoms with Gasteiger partial charge in [0, 0.05) is 0 Å². The van der Waals surface area contributed by atoms with Gasteiger partial charge in [-0.25, -0.2) is 0 Å². The van der Waals surface area contributed by atoms with E-state index in [-0.39, 0.29) is 0 Å². The van der Waals surface area contributed by atoms with E-state index in [0.717, 1.165) is 0 Å². The number of unbranched alkanes of at least 4 members (excludes halogenated alkanes) is 4. The summed E-state index contributed by atoms with van der Waals surface area (Å²) in [5.74, 6) is 0. The molecular weight excluding hydrogens is 84.1 g/mol. The molecule has 0 aliphatic heterocycles. The summed E-state index contributed by atoms with van der Waals surface area (Å²) in [4.78, 5) is 0. The average molecular weight is 99.2 g/mol. The van der Waals surface area contributed by atoms with Crippen LogP contribution in [0.15, 0.2) is 0 Å². The highest BCUT2D eigenvalue weighted by Gasteiger charge is 1.87. The van der Waals surface area contributed by atoms with Crippen LogP contribution in [0.4, 0.5) is 0 Å². The molecule has 0 heterocycles. The summed E-state index contributed by atoms with van der Waals surface area (Å²) in [6.45, 7) is 4.35. The summed E-state index contributed by atoms with van der Waals surface area (Å²) >= 11 is 0. The van der Waals surface area contributed by atoms with E-state index in [9.17, 15) is 0 Å². The van der Waals surface area contributed by atoms with Gasteiger partial charge in [-0.3, -0.25) is 0 Å². The zero-order chi connectivity index (χ0) is 5.54. The Labute approximate surface area is 46.9 Å². The van der Waals surface area contributed by atoms with Crippen molar-refractivity contribution in [1.82, 2.24) is 0 Å². The topological polar surface area (TPSA) is 0 Å². The van der Waals surface area contributed by atoms with Gasteiger partial charge < -0.3 is 0 Å². The fraction of sp³-hybridized carbons (Fsp3) is 0.857. The molecule has 0 heteroatoms. The van der Waals surface area contributed by atoms with Gasteiger partial charge in [-0.1, -0.05) is 13.3 Å². The Bertz CT molecular complexity index is 19.2. The third-order valence-electron chi connectivity index (χ3n) is 1.10. The second kappa shape index (κ2) is 5.87. The van der Waals surface area contributed by atoms with Crippen molar-refractivity contribution in [2.75, 3.05) is 0 Å². The fourth-order valence-corrected chi connectivity index (χ4v) is 0.598. The van der Waals surface area contributed by atoms with Gasteiger partial charge in [0.05, 0.1) is 19.8 Å². The Balaban J connectivity index is 2.45. The van der Waals surface area contributed by atoms with Crippen LogP contribution in [0.5, 0.6) is 0 Å². The first-order valence-corrected chi connectivity index (χ1v) is 3.19. The van der Waals surface area contributed by atoms with Crippen molar-refractivity contribution in [3.8, 4) is 0 Å². The maximum absolute atomic E-state index is 2.23. The Hall–Kier alpha value is -0.130. The van der Waals surface area contributed by atoms with Crippen molar-refractivity contribution in [2.45, 2.75) is 39.5 Å². The maximum Gasteiger partial charge on any atom is 0.0872 e. The van der Waals surface area contributed by atoms with Crippen molar-refractivity contribution < 1.29 is 0 Å². The molecule has 0 N–H and O–H groups in total. The molecule has 0 aliphatic rings. The second-order valence-electron chi connectivity index (χ2n) is 1.90. The van der Waals surface area contributed by atoms with Crippen LogP contribution in [0, 0.1) is 6.42 Å². The molecule has 0 saturated heterocycles. The molecule has 0 aliphatic carbocycles. The molecule has 0 aromatic carbocycles. The molecule has 0 atom stereocenters. The highest BCUT2D eigenvalue weighted by Crippen LogP contribution is 1.99. The average Bonchev–Trinajstić information content (AvgIpc) is 1.69. The van der Waals surface area contributed by atoms with E-state index in [0.29, 0.717) is 0 Å². The molecular formula is C7H15+. The molecule has 0 nitrogen and oxygen atoms in total. The van der Waals surface area contributed by atoms with E-state index in [1.54, 1.807) is 0 Å². The van der Waals surface area contributed by atoms with Crippen LogP contribution in [0.1, 0.15) is 39.5 Å². The van der Waals surface area contributed by atoms with E-state index in [1.807, 2.05) is 0 Å². The first-order chi connectivity index (χ1) is 3.41. The molecule has 0 amide bonds. The predicted molar refractivity (Wildman–Crippen MR) is 34.1 cm³/mol. The minimum Gasteiger partial charge on any atom is -0.0654 e. The van der Waals surface area contributed by atoms with Crippen molar-refractivity contribution in [3.05, 3.63) is 6.42 Å². The van der Waals surface area contributed by atoms with E-state index < -0.39 is 0 Å². The lowest BCUT2D eigenvalue weighted by Gasteiger charge is -1.85. The summed E-state index contributed by atoms with van der Waals surface area (Å²) in [5.41, 5.74) is 0. The second-order valence-corrected chi connectivity index (χ2v) is 1.90. The molecule has 0 spiro atoms. The van der Waals surface area contributed by atoms with E-state index >= 15 is 0 Å². The lowest BCUT2D eigenvalue weighted by Crippen LogP contribution is -1.71. The Kier molecular flexibility index (Phi) is 5.76. The van der Waals surface area contributed by atoms with Crippen LogP contribution < -0.4 is 0 Å². The highest BCUT2D eigenvalue weighted by molar-refractivity contribution is 4.53. The smallest absolute Gasteiger partial charge is 0.0654 e. The van der Waals surface area contributed by atoms with Crippen molar-refractivity contribution >= 4 is 0 Å². The molecule has 7 heavy (non-hydrogen) atoms. The van der Waals surface area contributed by atoms with Crippen LogP contribution in [-0.2, 0) is 0 Å². The molecule has 0 rings (SSSR count). The fourth-order valence-electron chi connectivity index (χ4n) is 0.598. The quantitative estimate of drug-likeness (QED) is 0.375. The monoisotopic (exact) mass is 99.1 g/mol. The minimum atomic E-state index is 1.30. The number of rotatable bonds is 4. The van der Waals surface area contributed by atoms with E-state index in [1.165, 1.54) is 25.7 Å². The Morgan fingerprint density at radius 2 is 2.00 bits per heavy atom. The Morgan fingerprint density at radius 1 is 1.29 bits per heavy atom. The van der Waals surface area contributed by atoms with Gasteiger partial charge in [0.1, 0.15) is 0 Å². The third kappa shape index (κ3) is 5.87. The molecule has 0 aromatic heterocycles. The molecule has 0 fully saturated rings. The lowest BCUT2D eigenvalue weighted by molar-refractivity contribution is 0.711. The van der Waals surface area contributed by atoms with Crippen LogP contribution in [0.25, 0.3) is 0 Å². The zero-order valence-corrected chi connectivity index (χ0v) is 5.41. The third-order valence-corrected chi connectivity index (χ3v) is 1.10. The van der Waals surface area contributed by atoms with Gasteiger partial charge in [-0.15, -0.1) is 0 Å². The normalized spacial score (nSPS) is 8.86. The molecule has 0 radical (unpaired) electrons. The van der Waals surface area contributed by atoms with Gasteiger partial charge in [0.2, 0.25) is 0 Å². The van der Waals surface area contributed by atoms with Crippen LogP contribution in [-0.4, -0.2) is 0 Å². The van der Waals surface area contributed by atoms with Gasteiger partial charge in [-0.2, -0.15) is 0 Å². The molecule has 0 bridgehead atoms. The first-order valence-electron chi connectivity index (χ1n) is 3.19. The summed E-state index contributed by atoms with van der Waals surface area (Å²) in [6.07, 6.45) is 7.65. The van der Waals surface area contributed by atoms with Crippen LogP contribution in [0.3, 0.4) is 0 Å². The molecule has 0 unspecified atom stereocenters. The van der Waals surface area contributed by atoms with Gasteiger partial charge in [-0.05, 0) is 12.8 Å². The summed E-state index contributed by atoms with van der Waals surface area (Å²) in [5, 5.41) is 0. The van der Waals surface area contributed by atoms with Crippen molar-refractivity contribution in [1.29, 1.82) is 0 Å². The Morgan fingerprint density at radius 3 is 2.43 bits per heavy atom. The van der Waals surface area contributed by atoms with E-state index in [4.69, 9.17) is 0 Å². The lowest BCUT2D eigenvalue weighted by atomic mass is 10.2. The summed E-state index contributed by atoms with van der Waals surface area (Å²) < 4.78 is 0. The zero-order valence-electron chi connectivity index (χ0n) is 5.41. The van der Waals surface area contributed by atoms with E-state index in [2.05, 4.69) is 20.3 Å². The minimum absolute atomic E-state index is 1.30. The summed E-state index contributed by atoms with van der Waals surface area (Å²) in [7, 11) is 0. The highest BCUT2D eigenvalue weighted by atomic mass is 13.9. The summed E-state index contributed by atoms with van der Waals surface area (Å²) in [6, 6.07) is 0. The largest absolute Gasteiger partial charge is 0.0872 e. The maximum atomic E-state index is 2.23. The SMILES string of the molecule is C[CH+]CCCCC. The predicted octanol–water partition coefficient (Wildman–Crippen LogP) is 2.79. The van der Waals surface area contributed by atoms with Gasteiger partial charge in [0.25, 0.3) is 0 Å². The van der Waals surface area contributed by atoms with Crippen LogP contribution >= 0.6 is 0 Å². The van der Waals surface area contributed by atoms with Gasteiger partial charge >= 0.3 is 0 Å². The van der Waals surface area contributed by atoms with Crippen LogP contribution in [0.2, 0.25) is 0 Å². The number of hydrogen-bond donors (Lipinski definition) is 0. The van der Waals surface area contributed by atoms with Crippen molar-refractivity contribution in [2.24, 2.45) is 0 Å². The first kappa shape index (κ1) is 6.87. The van der Waals surface area contributed by atoms with Gasteiger partial charge in [0.15, 0.2) is 0 Å². The number of hydrogen-bond acceptors (Lipinski definition) is 0. The molecule has 0 saturated carbocycles. The molecule has 0 aromatic rings. The van der Waals surface area contributed by atoms with Crippen molar-refractivity contribution in [3.63, 3.8) is 0 Å². The standard InChI is InChI=1S/C7H15/c1-3-5-7-6-4-2/h3H,4-7H2,1-2H3/q+1.